The number of para-hydroxylation sites is 1. The van der Waals surface area contributed by atoms with Gasteiger partial charge in [-0.2, -0.15) is 4.31 Å². The van der Waals surface area contributed by atoms with Crippen LogP contribution in [0.3, 0.4) is 0 Å². The van der Waals surface area contributed by atoms with E-state index in [2.05, 4.69) is 6.58 Å². The van der Waals surface area contributed by atoms with E-state index < -0.39 is 28.0 Å². The Bertz CT molecular complexity index is 1540. The first kappa shape index (κ1) is 25.9. The molecule has 3 aromatic rings. The van der Waals surface area contributed by atoms with Crippen LogP contribution in [0.2, 0.25) is 0 Å². The topological polar surface area (TPSA) is 101 Å². The van der Waals surface area contributed by atoms with Gasteiger partial charge in [0.05, 0.1) is 13.0 Å². The van der Waals surface area contributed by atoms with Gasteiger partial charge in [-0.1, -0.05) is 61.2 Å². The molecular weight excluding hydrogens is 502 g/mol. The zero-order valence-electron chi connectivity index (χ0n) is 21.1. The van der Waals surface area contributed by atoms with Gasteiger partial charge >= 0.3 is 5.97 Å². The van der Waals surface area contributed by atoms with Gasteiger partial charge in [-0.15, -0.1) is 0 Å². The van der Waals surface area contributed by atoms with Gasteiger partial charge in [0.2, 0.25) is 10.0 Å². The molecular formula is C30H29NO6S. The monoisotopic (exact) mass is 531 g/mol. The number of carbonyl (C=O) groups excluding carboxylic acids is 1. The third-order valence-corrected chi connectivity index (χ3v) is 9.20. The Morgan fingerprint density at radius 2 is 1.87 bits per heavy atom. The summed E-state index contributed by atoms with van der Waals surface area (Å²) in [6.45, 7) is 5.92. The van der Waals surface area contributed by atoms with E-state index in [1.807, 2.05) is 37.3 Å². The molecule has 0 fully saturated rings. The minimum Gasteiger partial charge on any atom is -0.484 e. The van der Waals surface area contributed by atoms with Gasteiger partial charge < -0.3 is 9.84 Å². The first-order valence-electron chi connectivity index (χ1n) is 12.5. The molecule has 38 heavy (non-hydrogen) atoms. The van der Waals surface area contributed by atoms with Crippen molar-refractivity contribution in [1.29, 1.82) is 0 Å². The Balaban J connectivity index is 1.52. The van der Waals surface area contributed by atoms with Crippen LogP contribution in [-0.2, 0) is 27.8 Å². The van der Waals surface area contributed by atoms with Gasteiger partial charge in [-0.05, 0) is 53.3 Å². The summed E-state index contributed by atoms with van der Waals surface area (Å²) in [5.41, 5.74) is 4.93. The lowest BCUT2D eigenvalue weighted by molar-refractivity contribution is -0.137. The molecule has 2 atom stereocenters. The Labute approximate surface area is 222 Å². The SMILES string of the molecule is C=C[C@@H]1CN(Cc2cc(C(CC(=O)O)c3ccc4c(c3)CCC4=O)ccc2C)S(=O)(=O)c2ccccc2O1. The molecule has 2 aliphatic rings. The van der Waals surface area contributed by atoms with Crippen LogP contribution in [0.4, 0.5) is 0 Å². The van der Waals surface area contributed by atoms with E-state index in [1.165, 1.54) is 10.4 Å². The summed E-state index contributed by atoms with van der Waals surface area (Å²) in [5.74, 6) is -0.979. The number of fused-ring (bicyclic) bond motifs is 2. The summed E-state index contributed by atoms with van der Waals surface area (Å²) in [5, 5.41) is 9.71. The van der Waals surface area contributed by atoms with Crippen LogP contribution in [0.15, 0.2) is 78.2 Å². The quantitative estimate of drug-likeness (QED) is 0.437. The van der Waals surface area contributed by atoms with Crippen LogP contribution < -0.4 is 4.74 Å². The minimum atomic E-state index is -3.86. The number of hydrogen-bond acceptors (Lipinski definition) is 5. The van der Waals surface area contributed by atoms with Gasteiger partial charge in [-0.25, -0.2) is 8.42 Å². The molecule has 7 nitrogen and oxygen atoms in total. The van der Waals surface area contributed by atoms with E-state index in [1.54, 1.807) is 30.3 Å². The van der Waals surface area contributed by atoms with E-state index in [-0.39, 0.29) is 30.2 Å². The van der Waals surface area contributed by atoms with E-state index in [0.717, 1.165) is 27.8 Å². The Kier molecular flexibility index (Phi) is 6.94. The average molecular weight is 532 g/mol. The highest BCUT2D eigenvalue weighted by molar-refractivity contribution is 7.89. The van der Waals surface area contributed by atoms with Crippen LogP contribution >= 0.6 is 0 Å². The van der Waals surface area contributed by atoms with Gasteiger partial charge in [0.1, 0.15) is 16.7 Å². The fourth-order valence-electron chi connectivity index (χ4n) is 5.23. The normalized spacial score (nSPS) is 19.1. The molecule has 0 bridgehead atoms. The van der Waals surface area contributed by atoms with Crippen LogP contribution in [0.1, 0.15) is 56.9 Å². The fraction of sp³-hybridized carbons (Fsp3) is 0.267. The first-order valence-corrected chi connectivity index (χ1v) is 14.0. The third-order valence-electron chi connectivity index (χ3n) is 7.35. The lowest BCUT2D eigenvalue weighted by Gasteiger charge is -2.24. The Morgan fingerprint density at radius 1 is 1.13 bits per heavy atom. The van der Waals surface area contributed by atoms with E-state index in [4.69, 9.17) is 4.74 Å². The lowest BCUT2D eigenvalue weighted by atomic mass is 9.85. The molecule has 1 aliphatic heterocycles. The standard InChI is InChI=1S/C30H29NO6S/c1-3-24-18-31(38(35,36)29-7-5-4-6-28(29)37-24)17-23-15-21(9-8-19(23)2)26(16-30(33)34)22-10-12-25-20(14-22)11-13-27(25)32/h3-10,12,14-15,24,26H,1,11,13,16-18H2,2H3,(H,33,34)/t24-,26?/m1/s1. The molecule has 8 heteroatoms. The van der Waals surface area contributed by atoms with Gasteiger partial charge in [-0.3, -0.25) is 9.59 Å². The molecule has 1 heterocycles. The number of aliphatic carboxylic acids is 1. The van der Waals surface area contributed by atoms with Crippen molar-refractivity contribution in [2.24, 2.45) is 0 Å². The molecule has 0 aromatic heterocycles. The van der Waals surface area contributed by atoms with Crippen molar-refractivity contribution in [3.8, 4) is 5.75 Å². The second-order valence-corrected chi connectivity index (χ2v) is 11.7. The molecule has 0 radical (unpaired) electrons. The van der Waals surface area contributed by atoms with Crippen molar-refractivity contribution < 1.29 is 27.9 Å². The second-order valence-electron chi connectivity index (χ2n) is 9.81. The molecule has 196 valence electrons. The van der Waals surface area contributed by atoms with E-state index >= 15 is 0 Å². The second kappa shape index (κ2) is 10.2. The number of sulfonamides is 1. The first-order chi connectivity index (χ1) is 18.2. The molecule has 0 spiro atoms. The number of carboxylic acid groups (broad SMARTS) is 1. The highest BCUT2D eigenvalue weighted by atomic mass is 32.2. The number of hydrogen-bond donors (Lipinski definition) is 1. The van der Waals surface area contributed by atoms with Gasteiger partial charge in [0.15, 0.2) is 5.78 Å². The minimum absolute atomic E-state index is 0.0988. The zero-order valence-corrected chi connectivity index (χ0v) is 21.9. The summed E-state index contributed by atoms with van der Waals surface area (Å²) >= 11 is 0. The number of ketones is 1. The predicted molar refractivity (Wildman–Crippen MR) is 143 cm³/mol. The summed E-state index contributed by atoms with van der Waals surface area (Å²) in [6.07, 6.45) is 2.07. The Hall–Kier alpha value is -3.75. The van der Waals surface area contributed by atoms with Crippen molar-refractivity contribution in [3.63, 3.8) is 0 Å². The van der Waals surface area contributed by atoms with Crippen LogP contribution in [0, 0.1) is 6.92 Å². The third kappa shape index (κ3) is 4.89. The largest absolute Gasteiger partial charge is 0.484 e. The predicted octanol–water partition coefficient (Wildman–Crippen LogP) is 4.87. The van der Waals surface area contributed by atoms with Gasteiger partial charge in [0.25, 0.3) is 0 Å². The van der Waals surface area contributed by atoms with Crippen LogP contribution in [-0.4, -0.2) is 42.2 Å². The smallest absolute Gasteiger partial charge is 0.304 e. The van der Waals surface area contributed by atoms with E-state index in [0.29, 0.717) is 24.2 Å². The maximum atomic E-state index is 13.6. The summed E-state index contributed by atoms with van der Waals surface area (Å²) in [7, 11) is -3.86. The van der Waals surface area contributed by atoms with Gasteiger partial charge in [0, 0.05) is 24.4 Å². The summed E-state index contributed by atoms with van der Waals surface area (Å²) in [6, 6.07) is 17.8. The van der Waals surface area contributed by atoms with Crippen molar-refractivity contribution in [1.82, 2.24) is 4.31 Å². The molecule has 1 N–H and O–H groups in total. The van der Waals surface area contributed by atoms with Crippen LogP contribution in [0.25, 0.3) is 0 Å². The number of rotatable bonds is 7. The summed E-state index contributed by atoms with van der Waals surface area (Å²) < 4.78 is 34.6. The Morgan fingerprint density at radius 3 is 2.63 bits per heavy atom. The molecule has 5 rings (SSSR count). The maximum absolute atomic E-state index is 13.6. The number of Topliss-reactive ketones (excluding diaryl/α,β-unsaturated/α-hetero) is 1. The average Bonchev–Trinajstić information content (AvgIpc) is 3.22. The number of carbonyl (C=O) groups is 2. The van der Waals surface area contributed by atoms with Crippen molar-refractivity contribution in [2.75, 3.05) is 6.54 Å². The maximum Gasteiger partial charge on any atom is 0.304 e. The number of aryl methyl sites for hydroxylation is 2. The molecule has 1 unspecified atom stereocenters. The number of carboxylic acids is 1. The molecule has 3 aromatic carbocycles. The highest BCUT2D eigenvalue weighted by Gasteiger charge is 2.34. The van der Waals surface area contributed by atoms with Crippen LogP contribution in [0.5, 0.6) is 5.75 Å². The molecule has 0 saturated carbocycles. The number of nitrogens with zero attached hydrogens (tertiary/aromatic N) is 1. The fourth-order valence-corrected chi connectivity index (χ4v) is 6.79. The summed E-state index contributed by atoms with van der Waals surface area (Å²) in [4.78, 5) is 24.1. The number of ether oxygens (including phenoxy) is 1. The molecule has 1 aliphatic carbocycles. The molecule has 0 amide bonds. The van der Waals surface area contributed by atoms with Crippen molar-refractivity contribution >= 4 is 21.8 Å². The highest BCUT2D eigenvalue weighted by Crippen LogP contribution is 2.35. The number of benzene rings is 3. The van der Waals surface area contributed by atoms with E-state index in [9.17, 15) is 23.1 Å². The molecule has 0 saturated heterocycles. The van der Waals surface area contributed by atoms with Crippen molar-refractivity contribution in [2.45, 2.75) is 49.6 Å². The zero-order chi connectivity index (χ0) is 27.0. The lowest BCUT2D eigenvalue weighted by Crippen LogP contribution is -2.36. The van der Waals surface area contributed by atoms with Crippen molar-refractivity contribution in [3.05, 3.63) is 107 Å².